The summed E-state index contributed by atoms with van der Waals surface area (Å²) in [6.07, 6.45) is 0. The standard InChI is InChI=1S/C14H16ClN3O.ClH/c15-12-3-1-11(2-4-12)14-9-13(17-19-14)10-18-7-5-16-6-8-18;/h1-4,9,16H,5-8,10H2;1H. The molecule has 0 unspecified atom stereocenters. The molecular formula is C14H17Cl2N3O. The third-order valence-electron chi connectivity index (χ3n) is 3.28. The van der Waals surface area contributed by atoms with Crippen LogP contribution in [-0.4, -0.2) is 36.2 Å². The molecule has 0 spiro atoms. The van der Waals surface area contributed by atoms with E-state index in [1.807, 2.05) is 30.3 Å². The van der Waals surface area contributed by atoms with Crippen molar-refractivity contribution in [1.29, 1.82) is 0 Å². The number of piperazine rings is 1. The fraction of sp³-hybridized carbons (Fsp3) is 0.357. The third-order valence-corrected chi connectivity index (χ3v) is 3.53. The van der Waals surface area contributed by atoms with Crippen molar-refractivity contribution in [3.05, 3.63) is 41.0 Å². The first-order valence-corrected chi connectivity index (χ1v) is 6.84. The Hall–Kier alpha value is -1.07. The molecule has 3 rings (SSSR count). The Morgan fingerprint density at radius 3 is 2.60 bits per heavy atom. The molecule has 2 aromatic rings. The Morgan fingerprint density at radius 2 is 1.90 bits per heavy atom. The topological polar surface area (TPSA) is 41.3 Å². The zero-order valence-electron chi connectivity index (χ0n) is 11.0. The minimum atomic E-state index is 0. The number of nitrogens with one attached hydrogen (secondary N) is 1. The highest BCUT2D eigenvalue weighted by Gasteiger charge is 2.13. The Morgan fingerprint density at radius 1 is 1.20 bits per heavy atom. The van der Waals surface area contributed by atoms with Crippen LogP contribution in [-0.2, 0) is 6.54 Å². The maximum absolute atomic E-state index is 5.87. The average Bonchev–Trinajstić information content (AvgIpc) is 2.89. The number of hydrogen-bond donors (Lipinski definition) is 1. The first kappa shape index (κ1) is 15.3. The summed E-state index contributed by atoms with van der Waals surface area (Å²) in [6, 6.07) is 9.60. The number of nitrogens with zero attached hydrogens (tertiary/aromatic N) is 2. The van der Waals surface area contributed by atoms with Crippen LogP contribution in [0.2, 0.25) is 5.02 Å². The lowest BCUT2D eigenvalue weighted by atomic mass is 10.1. The van der Waals surface area contributed by atoms with E-state index in [1.54, 1.807) is 0 Å². The molecule has 20 heavy (non-hydrogen) atoms. The van der Waals surface area contributed by atoms with Gasteiger partial charge >= 0.3 is 0 Å². The number of halogens is 2. The molecule has 1 fully saturated rings. The summed E-state index contributed by atoms with van der Waals surface area (Å²) in [5.74, 6) is 0.793. The second kappa shape index (κ2) is 7.09. The molecule has 0 bridgehead atoms. The molecule has 6 heteroatoms. The van der Waals surface area contributed by atoms with E-state index in [0.29, 0.717) is 0 Å². The first-order valence-electron chi connectivity index (χ1n) is 6.46. The molecule has 0 amide bonds. The summed E-state index contributed by atoms with van der Waals surface area (Å²) < 4.78 is 5.40. The maximum Gasteiger partial charge on any atom is 0.167 e. The van der Waals surface area contributed by atoms with Gasteiger partial charge < -0.3 is 9.84 Å². The number of benzene rings is 1. The highest BCUT2D eigenvalue weighted by molar-refractivity contribution is 6.30. The van der Waals surface area contributed by atoms with Crippen molar-refractivity contribution >= 4 is 24.0 Å². The van der Waals surface area contributed by atoms with Crippen LogP contribution in [0.5, 0.6) is 0 Å². The Bertz CT molecular complexity index is 536. The molecule has 0 aliphatic carbocycles. The monoisotopic (exact) mass is 313 g/mol. The van der Waals surface area contributed by atoms with E-state index in [-0.39, 0.29) is 12.4 Å². The maximum atomic E-state index is 5.87. The van der Waals surface area contributed by atoms with Gasteiger partial charge in [-0.25, -0.2) is 0 Å². The van der Waals surface area contributed by atoms with Crippen LogP contribution in [0.25, 0.3) is 11.3 Å². The van der Waals surface area contributed by atoms with Gasteiger partial charge in [0, 0.05) is 49.4 Å². The number of hydrogen-bond acceptors (Lipinski definition) is 4. The molecule has 4 nitrogen and oxygen atoms in total. The van der Waals surface area contributed by atoms with Gasteiger partial charge in [-0.15, -0.1) is 12.4 Å². The van der Waals surface area contributed by atoms with Crippen LogP contribution in [0, 0.1) is 0 Å². The fourth-order valence-corrected chi connectivity index (χ4v) is 2.36. The Balaban J connectivity index is 0.00000147. The average molecular weight is 314 g/mol. The Kier molecular flexibility index (Phi) is 5.43. The first-order chi connectivity index (χ1) is 9.31. The van der Waals surface area contributed by atoms with E-state index in [9.17, 15) is 0 Å². The van der Waals surface area contributed by atoms with Crippen molar-refractivity contribution in [1.82, 2.24) is 15.4 Å². The van der Waals surface area contributed by atoms with Crippen LogP contribution < -0.4 is 5.32 Å². The highest BCUT2D eigenvalue weighted by atomic mass is 35.5. The van der Waals surface area contributed by atoms with Crippen molar-refractivity contribution in [2.24, 2.45) is 0 Å². The van der Waals surface area contributed by atoms with Gasteiger partial charge in [-0.1, -0.05) is 16.8 Å². The van der Waals surface area contributed by atoms with E-state index < -0.39 is 0 Å². The third kappa shape index (κ3) is 3.73. The van der Waals surface area contributed by atoms with Crippen LogP contribution >= 0.6 is 24.0 Å². The quantitative estimate of drug-likeness (QED) is 0.946. The van der Waals surface area contributed by atoms with E-state index >= 15 is 0 Å². The van der Waals surface area contributed by atoms with E-state index in [2.05, 4.69) is 15.4 Å². The van der Waals surface area contributed by atoms with E-state index in [4.69, 9.17) is 16.1 Å². The predicted octanol–water partition coefficient (Wildman–Crippen LogP) is 2.82. The molecule has 1 N–H and O–H groups in total. The van der Waals surface area contributed by atoms with Crippen molar-refractivity contribution < 1.29 is 4.52 Å². The SMILES string of the molecule is Cl.Clc1ccc(-c2cc(CN3CCNCC3)no2)cc1. The predicted molar refractivity (Wildman–Crippen MR) is 82.3 cm³/mol. The molecule has 1 aliphatic heterocycles. The van der Waals surface area contributed by atoms with Crippen molar-refractivity contribution in [2.75, 3.05) is 26.2 Å². The second-order valence-corrected chi connectivity index (χ2v) is 5.15. The van der Waals surface area contributed by atoms with Crippen LogP contribution in [0.1, 0.15) is 5.69 Å². The van der Waals surface area contributed by atoms with Crippen LogP contribution in [0.15, 0.2) is 34.9 Å². The highest BCUT2D eigenvalue weighted by Crippen LogP contribution is 2.22. The van der Waals surface area contributed by atoms with Gasteiger partial charge in [0.15, 0.2) is 5.76 Å². The fourth-order valence-electron chi connectivity index (χ4n) is 2.23. The van der Waals surface area contributed by atoms with Gasteiger partial charge in [0.25, 0.3) is 0 Å². The lowest BCUT2D eigenvalue weighted by Crippen LogP contribution is -2.42. The minimum absolute atomic E-state index is 0. The van der Waals surface area contributed by atoms with Crippen molar-refractivity contribution in [2.45, 2.75) is 6.54 Å². The van der Waals surface area contributed by atoms with Gasteiger partial charge in [-0.2, -0.15) is 0 Å². The molecule has 1 aliphatic rings. The molecular weight excluding hydrogens is 297 g/mol. The van der Waals surface area contributed by atoms with Crippen molar-refractivity contribution in [3.63, 3.8) is 0 Å². The molecule has 0 saturated carbocycles. The summed E-state index contributed by atoms with van der Waals surface area (Å²) in [7, 11) is 0. The molecule has 0 atom stereocenters. The summed E-state index contributed by atoms with van der Waals surface area (Å²) in [4.78, 5) is 2.37. The summed E-state index contributed by atoms with van der Waals surface area (Å²) in [6.45, 7) is 5.05. The molecule has 108 valence electrons. The van der Waals surface area contributed by atoms with Crippen LogP contribution in [0.4, 0.5) is 0 Å². The van der Waals surface area contributed by atoms with Gasteiger partial charge in [0.1, 0.15) is 0 Å². The molecule has 1 aromatic carbocycles. The molecule has 1 aromatic heterocycles. The molecule has 1 saturated heterocycles. The van der Waals surface area contributed by atoms with E-state index in [1.165, 1.54) is 0 Å². The lowest BCUT2D eigenvalue weighted by molar-refractivity contribution is 0.227. The van der Waals surface area contributed by atoms with Gasteiger partial charge in [0.05, 0.1) is 5.69 Å². The smallest absolute Gasteiger partial charge is 0.167 e. The van der Waals surface area contributed by atoms with Crippen molar-refractivity contribution in [3.8, 4) is 11.3 Å². The zero-order chi connectivity index (χ0) is 13.1. The summed E-state index contributed by atoms with van der Waals surface area (Å²) in [5.41, 5.74) is 1.98. The number of aromatic nitrogens is 1. The van der Waals surface area contributed by atoms with E-state index in [0.717, 1.165) is 54.8 Å². The zero-order valence-corrected chi connectivity index (χ0v) is 12.6. The second-order valence-electron chi connectivity index (χ2n) is 4.72. The van der Waals surface area contributed by atoms with Gasteiger partial charge in [-0.3, -0.25) is 4.90 Å². The Labute approximate surface area is 129 Å². The normalized spacial score (nSPS) is 15.8. The number of rotatable bonds is 3. The molecule has 2 heterocycles. The lowest BCUT2D eigenvalue weighted by Gasteiger charge is -2.25. The molecule has 0 radical (unpaired) electrons. The minimum Gasteiger partial charge on any atom is -0.356 e. The van der Waals surface area contributed by atoms with Gasteiger partial charge in [-0.05, 0) is 24.3 Å². The largest absolute Gasteiger partial charge is 0.356 e. The van der Waals surface area contributed by atoms with Gasteiger partial charge in [0.2, 0.25) is 0 Å². The summed E-state index contributed by atoms with van der Waals surface area (Å²) in [5, 5.41) is 8.20. The summed E-state index contributed by atoms with van der Waals surface area (Å²) >= 11 is 5.87. The van der Waals surface area contributed by atoms with Crippen LogP contribution in [0.3, 0.4) is 0 Å².